The molecule has 0 aliphatic carbocycles. The van der Waals surface area contributed by atoms with E-state index < -0.39 is 11.6 Å². The number of carbonyl (C=O) groups is 2. The van der Waals surface area contributed by atoms with E-state index in [-0.39, 0.29) is 12.5 Å². The van der Waals surface area contributed by atoms with Crippen molar-refractivity contribution < 1.29 is 14.3 Å². The Morgan fingerprint density at radius 1 is 1.07 bits per heavy atom. The van der Waals surface area contributed by atoms with Crippen molar-refractivity contribution in [2.45, 2.75) is 32.8 Å². The number of nitriles is 1. The van der Waals surface area contributed by atoms with Crippen LogP contribution in [0.4, 0.5) is 0 Å². The Balaban J connectivity index is 1.72. The molecule has 146 valence electrons. The fourth-order valence-electron chi connectivity index (χ4n) is 3.07. The molecule has 0 unspecified atom stereocenters. The highest BCUT2D eigenvalue weighted by Crippen LogP contribution is 2.21. The van der Waals surface area contributed by atoms with E-state index in [0.29, 0.717) is 24.1 Å². The van der Waals surface area contributed by atoms with Crippen LogP contribution in [0.1, 0.15) is 53.4 Å². The van der Waals surface area contributed by atoms with Gasteiger partial charge in [-0.3, -0.25) is 9.59 Å². The van der Waals surface area contributed by atoms with Crippen molar-refractivity contribution in [3.05, 3.63) is 70.3 Å². The number of esters is 1. The van der Waals surface area contributed by atoms with Gasteiger partial charge in [0.1, 0.15) is 12.1 Å². The first-order chi connectivity index (χ1) is 13.7. The SMILES string of the molecule is CC(C)(C)OC(=O)CN1CCc2cc(C#Cc3ccc(C#N)cc3)ccc2C1=O. The number of rotatable bonds is 2. The molecule has 1 aliphatic rings. The smallest absolute Gasteiger partial charge is 0.326 e. The highest BCUT2D eigenvalue weighted by molar-refractivity contribution is 5.98. The summed E-state index contributed by atoms with van der Waals surface area (Å²) in [7, 11) is 0. The molecule has 0 N–H and O–H groups in total. The van der Waals surface area contributed by atoms with E-state index in [9.17, 15) is 9.59 Å². The number of fused-ring (bicyclic) bond motifs is 1. The van der Waals surface area contributed by atoms with Crippen LogP contribution >= 0.6 is 0 Å². The lowest BCUT2D eigenvalue weighted by Crippen LogP contribution is -2.42. The molecule has 5 heteroatoms. The molecule has 1 aliphatic heterocycles. The highest BCUT2D eigenvalue weighted by Gasteiger charge is 2.27. The van der Waals surface area contributed by atoms with Crippen LogP contribution in [-0.2, 0) is 16.0 Å². The Morgan fingerprint density at radius 3 is 2.34 bits per heavy atom. The van der Waals surface area contributed by atoms with Crippen LogP contribution in [0.2, 0.25) is 0 Å². The first-order valence-electron chi connectivity index (χ1n) is 9.41. The number of hydrogen-bond donors (Lipinski definition) is 0. The lowest BCUT2D eigenvalue weighted by Gasteiger charge is -2.29. The van der Waals surface area contributed by atoms with Gasteiger partial charge < -0.3 is 9.64 Å². The van der Waals surface area contributed by atoms with Gasteiger partial charge >= 0.3 is 5.97 Å². The first-order valence-corrected chi connectivity index (χ1v) is 9.41. The molecule has 0 spiro atoms. The van der Waals surface area contributed by atoms with E-state index in [2.05, 4.69) is 17.9 Å². The summed E-state index contributed by atoms with van der Waals surface area (Å²) >= 11 is 0. The van der Waals surface area contributed by atoms with Crippen molar-refractivity contribution in [2.24, 2.45) is 0 Å². The van der Waals surface area contributed by atoms with Crippen molar-refractivity contribution in [1.29, 1.82) is 5.26 Å². The Morgan fingerprint density at radius 2 is 1.69 bits per heavy atom. The second-order valence-corrected chi connectivity index (χ2v) is 7.87. The molecule has 1 heterocycles. The van der Waals surface area contributed by atoms with Gasteiger partial charge in [0.05, 0.1) is 11.6 Å². The fraction of sp³-hybridized carbons (Fsp3) is 0.292. The molecule has 0 radical (unpaired) electrons. The highest BCUT2D eigenvalue weighted by atomic mass is 16.6. The minimum atomic E-state index is -0.573. The van der Waals surface area contributed by atoms with Gasteiger partial charge in [-0.05, 0) is 75.2 Å². The Kier molecular flexibility index (Phi) is 5.71. The number of amides is 1. The number of carbonyl (C=O) groups excluding carboxylic acids is 2. The standard InChI is InChI=1S/C24H22N2O3/c1-24(2,3)29-22(27)16-26-13-12-20-14-18(10-11-21(20)23(26)28)7-4-17-5-8-19(15-25)9-6-17/h5-6,8-11,14H,12-13,16H2,1-3H3. The largest absolute Gasteiger partial charge is 0.459 e. The molecular weight excluding hydrogens is 364 g/mol. The normalized spacial score (nSPS) is 13.0. The summed E-state index contributed by atoms with van der Waals surface area (Å²) in [5.41, 5.74) is 3.20. The summed E-state index contributed by atoms with van der Waals surface area (Å²) in [4.78, 5) is 26.3. The summed E-state index contributed by atoms with van der Waals surface area (Å²) in [5.74, 6) is 5.60. The van der Waals surface area contributed by atoms with E-state index in [0.717, 1.165) is 16.7 Å². The van der Waals surface area contributed by atoms with Crippen LogP contribution in [0.3, 0.4) is 0 Å². The second kappa shape index (κ2) is 8.20. The van der Waals surface area contributed by atoms with Crippen molar-refractivity contribution in [2.75, 3.05) is 13.1 Å². The van der Waals surface area contributed by atoms with Crippen molar-refractivity contribution >= 4 is 11.9 Å². The van der Waals surface area contributed by atoms with Crippen LogP contribution in [0.15, 0.2) is 42.5 Å². The zero-order valence-electron chi connectivity index (χ0n) is 16.8. The van der Waals surface area contributed by atoms with Gasteiger partial charge in [0, 0.05) is 23.2 Å². The van der Waals surface area contributed by atoms with Crippen LogP contribution < -0.4 is 0 Å². The monoisotopic (exact) mass is 386 g/mol. The van der Waals surface area contributed by atoms with E-state index in [1.165, 1.54) is 4.90 Å². The van der Waals surface area contributed by atoms with E-state index >= 15 is 0 Å². The fourth-order valence-corrected chi connectivity index (χ4v) is 3.07. The Labute approximate surface area is 170 Å². The number of nitrogens with zero attached hydrogens (tertiary/aromatic N) is 2. The summed E-state index contributed by atoms with van der Waals surface area (Å²) in [6.07, 6.45) is 0.663. The van der Waals surface area contributed by atoms with E-state index in [1.54, 1.807) is 39.0 Å². The van der Waals surface area contributed by atoms with Gasteiger partial charge in [-0.15, -0.1) is 0 Å². The van der Waals surface area contributed by atoms with E-state index in [4.69, 9.17) is 10.00 Å². The third kappa shape index (κ3) is 5.24. The van der Waals surface area contributed by atoms with Crippen molar-refractivity contribution in [3.63, 3.8) is 0 Å². The van der Waals surface area contributed by atoms with Gasteiger partial charge in [0.25, 0.3) is 5.91 Å². The maximum absolute atomic E-state index is 12.7. The number of benzene rings is 2. The van der Waals surface area contributed by atoms with E-state index in [1.807, 2.05) is 24.3 Å². The average molecular weight is 386 g/mol. The van der Waals surface area contributed by atoms with Gasteiger partial charge in [-0.2, -0.15) is 5.26 Å². The molecule has 1 amide bonds. The molecule has 3 rings (SSSR count). The molecule has 5 nitrogen and oxygen atoms in total. The van der Waals surface area contributed by atoms with Gasteiger partial charge in [-0.25, -0.2) is 0 Å². The molecule has 2 aromatic carbocycles. The topological polar surface area (TPSA) is 70.4 Å². The second-order valence-electron chi connectivity index (χ2n) is 7.87. The predicted molar refractivity (Wildman–Crippen MR) is 109 cm³/mol. The Bertz CT molecular complexity index is 1040. The van der Waals surface area contributed by atoms with Crippen LogP contribution in [0, 0.1) is 23.2 Å². The zero-order chi connectivity index (χ0) is 21.0. The van der Waals surface area contributed by atoms with Crippen LogP contribution in [0.25, 0.3) is 0 Å². The van der Waals surface area contributed by atoms with Gasteiger partial charge in [0.2, 0.25) is 0 Å². The van der Waals surface area contributed by atoms with Crippen molar-refractivity contribution in [3.8, 4) is 17.9 Å². The molecular formula is C24H22N2O3. The molecule has 0 atom stereocenters. The third-order valence-corrected chi connectivity index (χ3v) is 4.38. The summed E-state index contributed by atoms with van der Waals surface area (Å²) in [6.45, 7) is 5.84. The maximum atomic E-state index is 12.7. The molecule has 0 saturated heterocycles. The third-order valence-electron chi connectivity index (χ3n) is 4.38. The molecule has 0 fully saturated rings. The molecule has 0 aromatic heterocycles. The van der Waals surface area contributed by atoms with Crippen molar-refractivity contribution in [1.82, 2.24) is 4.90 Å². The lowest BCUT2D eigenvalue weighted by molar-refractivity contribution is -0.155. The minimum absolute atomic E-state index is 0.0458. The summed E-state index contributed by atoms with van der Waals surface area (Å²) < 4.78 is 5.32. The van der Waals surface area contributed by atoms with Gasteiger partial charge in [0.15, 0.2) is 0 Å². The molecule has 2 aromatic rings. The lowest BCUT2D eigenvalue weighted by atomic mass is 9.96. The number of ether oxygens (including phenoxy) is 1. The Hall–Kier alpha value is -3.57. The first kappa shape index (κ1) is 20.2. The maximum Gasteiger partial charge on any atom is 0.326 e. The zero-order valence-corrected chi connectivity index (χ0v) is 16.8. The number of hydrogen-bond acceptors (Lipinski definition) is 4. The molecule has 0 saturated carbocycles. The summed E-state index contributed by atoms with van der Waals surface area (Å²) in [5, 5.41) is 8.84. The van der Waals surface area contributed by atoms with Crippen LogP contribution in [0.5, 0.6) is 0 Å². The van der Waals surface area contributed by atoms with Crippen LogP contribution in [-0.4, -0.2) is 35.5 Å². The summed E-state index contributed by atoms with van der Waals surface area (Å²) in [6, 6.07) is 14.7. The van der Waals surface area contributed by atoms with Gasteiger partial charge in [-0.1, -0.05) is 11.8 Å². The average Bonchev–Trinajstić information content (AvgIpc) is 2.67. The molecule has 29 heavy (non-hydrogen) atoms. The quantitative estimate of drug-likeness (QED) is 0.587. The minimum Gasteiger partial charge on any atom is -0.459 e. The predicted octanol–water partition coefficient (Wildman–Crippen LogP) is 3.30. The molecule has 0 bridgehead atoms.